The van der Waals surface area contributed by atoms with Crippen LogP contribution in [0.2, 0.25) is 0 Å². The van der Waals surface area contributed by atoms with Gasteiger partial charge in [0.25, 0.3) is 0 Å². The molecule has 2 aromatic carbocycles. The van der Waals surface area contributed by atoms with Gasteiger partial charge in [-0.2, -0.15) is 0 Å². The summed E-state index contributed by atoms with van der Waals surface area (Å²) in [6, 6.07) is 15.9. The molecule has 0 aromatic heterocycles. The van der Waals surface area contributed by atoms with Crippen molar-refractivity contribution in [3.8, 4) is 0 Å². The van der Waals surface area contributed by atoms with Crippen LogP contribution < -0.4 is 5.32 Å². The van der Waals surface area contributed by atoms with Gasteiger partial charge in [0.15, 0.2) is 0 Å². The minimum absolute atomic E-state index is 0.00384. The van der Waals surface area contributed by atoms with Crippen LogP contribution in [0, 0.1) is 16.0 Å². The number of rotatable bonds is 6. The molecular formula is C18H16N2O5. The summed E-state index contributed by atoms with van der Waals surface area (Å²) in [6.07, 6.45) is 0. The monoisotopic (exact) mass is 340 g/mol. The standard InChI is InChI=1S/C18H16N2O5/c21-17-16(13-8-4-5-9-15(13)19-17)14(10-20(23)24)18(22)25-11-12-6-2-1-3-7-12/h1-9,14,16H,10-11H2,(H,19,21)/t14-,16?/m0/s1. The number of fused-ring (bicyclic) bond motifs is 1. The number of amides is 1. The minimum Gasteiger partial charge on any atom is -0.460 e. The third-order valence-corrected chi connectivity index (χ3v) is 4.11. The lowest BCUT2D eigenvalue weighted by Gasteiger charge is -2.17. The van der Waals surface area contributed by atoms with E-state index in [0.29, 0.717) is 11.3 Å². The molecule has 2 aromatic rings. The van der Waals surface area contributed by atoms with E-state index in [1.165, 1.54) is 0 Å². The summed E-state index contributed by atoms with van der Waals surface area (Å²) in [4.78, 5) is 35.2. The van der Waals surface area contributed by atoms with Crippen LogP contribution in [-0.2, 0) is 20.9 Å². The highest BCUT2D eigenvalue weighted by molar-refractivity contribution is 6.05. The van der Waals surface area contributed by atoms with E-state index in [9.17, 15) is 19.7 Å². The third-order valence-electron chi connectivity index (χ3n) is 4.11. The van der Waals surface area contributed by atoms with E-state index in [-0.39, 0.29) is 6.61 Å². The van der Waals surface area contributed by atoms with Crippen molar-refractivity contribution in [2.45, 2.75) is 12.5 Å². The van der Waals surface area contributed by atoms with Crippen molar-refractivity contribution in [2.75, 3.05) is 11.9 Å². The fourth-order valence-corrected chi connectivity index (χ4v) is 2.95. The number of nitro groups is 1. The zero-order valence-corrected chi connectivity index (χ0v) is 13.3. The summed E-state index contributed by atoms with van der Waals surface area (Å²) in [7, 11) is 0. The second kappa shape index (κ2) is 7.12. The number of carbonyl (C=O) groups excluding carboxylic acids is 2. The molecular weight excluding hydrogens is 324 g/mol. The molecule has 128 valence electrons. The van der Waals surface area contributed by atoms with Gasteiger partial charge in [-0.3, -0.25) is 19.7 Å². The van der Waals surface area contributed by atoms with Gasteiger partial charge in [0.2, 0.25) is 12.5 Å². The Hall–Kier alpha value is -3.22. The first-order valence-electron chi connectivity index (χ1n) is 7.78. The molecule has 0 saturated heterocycles. The largest absolute Gasteiger partial charge is 0.460 e. The van der Waals surface area contributed by atoms with Gasteiger partial charge in [0.05, 0.1) is 5.92 Å². The van der Waals surface area contributed by atoms with Crippen molar-refractivity contribution >= 4 is 17.6 Å². The van der Waals surface area contributed by atoms with Crippen LogP contribution in [0.4, 0.5) is 5.69 Å². The van der Waals surface area contributed by atoms with Crippen LogP contribution in [0.15, 0.2) is 54.6 Å². The Morgan fingerprint density at radius 1 is 1.16 bits per heavy atom. The smallest absolute Gasteiger partial charge is 0.317 e. The molecule has 7 nitrogen and oxygen atoms in total. The number of hydrogen-bond acceptors (Lipinski definition) is 5. The molecule has 0 aliphatic carbocycles. The zero-order valence-electron chi connectivity index (χ0n) is 13.3. The number of para-hydroxylation sites is 1. The molecule has 1 heterocycles. The lowest BCUT2D eigenvalue weighted by Crippen LogP contribution is -2.34. The van der Waals surface area contributed by atoms with Crippen molar-refractivity contribution in [3.05, 3.63) is 75.8 Å². The molecule has 1 unspecified atom stereocenters. The van der Waals surface area contributed by atoms with Crippen LogP contribution in [-0.4, -0.2) is 23.3 Å². The van der Waals surface area contributed by atoms with Crippen molar-refractivity contribution in [3.63, 3.8) is 0 Å². The molecule has 1 aliphatic heterocycles. The molecule has 2 atom stereocenters. The van der Waals surface area contributed by atoms with Gasteiger partial charge in [0, 0.05) is 10.6 Å². The van der Waals surface area contributed by atoms with E-state index in [2.05, 4.69) is 5.32 Å². The number of nitrogens with zero attached hydrogens (tertiary/aromatic N) is 1. The Bertz CT molecular complexity index is 806. The first kappa shape index (κ1) is 16.6. The quantitative estimate of drug-likeness (QED) is 0.494. The summed E-state index contributed by atoms with van der Waals surface area (Å²) < 4.78 is 5.24. The van der Waals surface area contributed by atoms with Gasteiger partial charge >= 0.3 is 5.97 Å². The van der Waals surface area contributed by atoms with Crippen LogP contribution in [0.3, 0.4) is 0 Å². The Morgan fingerprint density at radius 3 is 2.56 bits per heavy atom. The van der Waals surface area contributed by atoms with E-state index < -0.39 is 35.2 Å². The summed E-state index contributed by atoms with van der Waals surface area (Å²) in [5, 5.41) is 13.7. The van der Waals surface area contributed by atoms with Crippen LogP contribution >= 0.6 is 0 Å². The lowest BCUT2D eigenvalue weighted by atomic mass is 9.87. The summed E-state index contributed by atoms with van der Waals surface area (Å²) in [6.45, 7) is -0.663. The van der Waals surface area contributed by atoms with Gasteiger partial charge in [-0.05, 0) is 17.2 Å². The van der Waals surface area contributed by atoms with E-state index >= 15 is 0 Å². The molecule has 1 N–H and O–H groups in total. The molecule has 0 radical (unpaired) electrons. The Morgan fingerprint density at radius 2 is 1.84 bits per heavy atom. The average Bonchev–Trinajstić information content (AvgIpc) is 2.94. The molecule has 1 amide bonds. The van der Waals surface area contributed by atoms with Gasteiger partial charge < -0.3 is 10.1 Å². The van der Waals surface area contributed by atoms with Crippen molar-refractivity contribution < 1.29 is 19.2 Å². The molecule has 0 saturated carbocycles. The third kappa shape index (κ3) is 3.65. The number of esters is 1. The van der Waals surface area contributed by atoms with Crippen molar-refractivity contribution in [1.82, 2.24) is 0 Å². The summed E-state index contributed by atoms with van der Waals surface area (Å²) in [5.41, 5.74) is 1.92. The van der Waals surface area contributed by atoms with Gasteiger partial charge in [-0.15, -0.1) is 0 Å². The number of anilines is 1. The van der Waals surface area contributed by atoms with E-state index in [0.717, 1.165) is 5.56 Å². The Balaban J connectivity index is 1.81. The Labute approximate surface area is 143 Å². The number of nitrogens with one attached hydrogen (secondary N) is 1. The van der Waals surface area contributed by atoms with E-state index in [4.69, 9.17) is 4.74 Å². The van der Waals surface area contributed by atoms with E-state index in [1.54, 1.807) is 48.5 Å². The fraction of sp³-hybridized carbons (Fsp3) is 0.222. The zero-order chi connectivity index (χ0) is 17.8. The van der Waals surface area contributed by atoms with Crippen LogP contribution in [0.5, 0.6) is 0 Å². The second-order valence-corrected chi connectivity index (χ2v) is 5.77. The highest BCUT2D eigenvalue weighted by Gasteiger charge is 2.44. The molecule has 1 aliphatic rings. The average molecular weight is 340 g/mol. The fourth-order valence-electron chi connectivity index (χ4n) is 2.95. The first-order chi connectivity index (χ1) is 12.1. The first-order valence-corrected chi connectivity index (χ1v) is 7.78. The maximum Gasteiger partial charge on any atom is 0.317 e. The second-order valence-electron chi connectivity index (χ2n) is 5.77. The molecule has 0 fully saturated rings. The molecule has 3 rings (SSSR count). The lowest BCUT2D eigenvalue weighted by molar-refractivity contribution is -0.486. The van der Waals surface area contributed by atoms with Crippen molar-refractivity contribution in [2.24, 2.45) is 5.92 Å². The predicted molar refractivity (Wildman–Crippen MR) is 89.4 cm³/mol. The summed E-state index contributed by atoms with van der Waals surface area (Å²) in [5.74, 6) is -3.28. The topological polar surface area (TPSA) is 98.5 Å². The number of carbonyl (C=O) groups is 2. The summed E-state index contributed by atoms with van der Waals surface area (Å²) >= 11 is 0. The van der Waals surface area contributed by atoms with E-state index in [1.807, 2.05) is 6.07 Å². The van der Waals surface area contributed by atoms with Crippen LogP contribution in [0.25, 0.3) is 0 Å². The highest BCUT2D eigenvalue weighted by atomic mass is 16.6. The predicted octanol–water partition coefficient (Wildman–Crippen LogP) is 2.36. The SMILES string of the molecule is O=C1Nc2ccccc2C1[C@H](C[N+](=O)[O-])C(=O)OCc1ccccc1. The van der Waals surface area contributed by atoms with Crippen LogP contribution in [0.1, 0.15) is 17.0 Å². The van der Waals surface area contributed by atoms with Gasteiger partial charge in [-0.25, -0.2) is 0 Å². The minimum atomic E-state index is -1.18. The number of hydrogen-bond donors (Lipinski definition) is 1. The van der Waals surface area contributed by atoms with Gasteiger partial charge in [0.1, 0.15) is 12.5 Å². The van der Waals surface area contributed by atoms with Gasteiger partial charge in [-0.1, -0.05) is 48.5 Å². The number of benzene rings is 2. The maximum atomic E-state index is 12.5. The Kier molecular flexibility index (Phi) is 4.74. The van der Waals surface area contributed by atoms with Crippen molar-refractivity contribution in [1.29, 1.82) is 0 Å². The molecule has 0 spiro atoms. The molecule has 7 heteroatoms. The molecule has 25 heavy (non-hydrogen) atoms. The highest BCUT2D eigenvalue weighted by Crippen LogP contribution is 2.38. The normalized spacial score (nSPS) is 16.6. The number of ether oxygens (including phenoxy) is 1. The maximum absolute atomic E-state index is 12.5. The molecule has 0 bridgehead atoms.